The van der Waals surface area contributed by atoms with Crippen molar-refractivity contribution in [2.24, 2.45) is 5.92 Å². The number of nitrogens with two attached hydrogens (primary N) is 1. The Morgan fingerprint density at radius 1 is 1.50 bits per heavy atom. The minimum absolute atomic E-state index is 0.611. The Bertz CT molecular complexity index is 267. The molecule has 1 aromatic rings. The Kier molecular flexibility index (Phi) is 2.69. The molecule has 0 saturated heterocycles. The van der Waals surface area contributed by atoms with Gasteiger partial charge in [0.15, 0.2) is 0 Å². The number of pyridine rings is 1. The summed E-state index contributed by atoms with van der Waals surface area (Å²) in [5.74, 6) is 1.29. The van der Waals surface area contributed by atoms with E-state index in [4.69, 9.17) is 5.73 Å². The van der Waals surface area contributed by atoms with E-state index in [-0.39, 0.29) is 0 Å². The number of nitrogen functional groups attached to an aromatic ring is 1. The van der Waals surface area contributed by atoms with Gasteiger partial charge in [-0.3, -0.25) is 0 Å². The van der Waals surface area contributed by atoms with Crippen molar-refractivity contribution >= 4 is 5.82 Å². The number of rotatable bonds is 2. The molecule has 1 heterocycles. The van der Waals surface area contributed by atoms with Crippen LogP contribution in [0, 0.1) is 12.8 Å². The predicted octanol–water partition coefficient (Wildman–Crippen LogP) is 2.17. The normalized spacial score (nSPS) is 10.7. The van der Waals surface area contributed by atoms with E-state index >= 15 is 0 Å². The number of hydrogen-bond acceptors (Lipinski definition) is 2. The van der Waals surface area contributed by atoms with Crippen molar-refractivity contribution in [1.29, 1.82) is 0 Å². The lowest BCUT2D eigenvalue weighted by Crippen LogP contribution is -1.99. The van der Waals surface area contributed by atoms with Gasteiger partial charge in [-0.1, -0.05) is 13.8 Å². The Hall–Kier alpha value is -1.05. The van der Waals surface area contributed by atoms with Crippen LogP contribution in [0.4, 0.5) is 5.82 Å². The fraction of sp³-hybridized carbons (Fsp3) is 0.500. The summed E-state index contributed by atoms with van der Waals surface area (Å²) in [7, 11) is 0. The molecule has 0 amide bonds. The smallest absolute Gasteiger partial charge is 0.123 e. The first-order chi connectivity index (χ1) is 5.59. The summed E-state index contributed by atoms with van der Waals surface area (Å²) in [5, 5.41) is 0. The second kappa shape index (κ2) is 3.57. The molecule has 0 atom stereocenters. The maximum absolute atomic E-state index is 5.55. The van der Waals surface area contributed by atoms with Crippen LogP contribution in [-0.4, -0.2) is 4.98 Å². The highest BCUT2D eigenvalue weighted by Gasteiger charge is 2.01. The molecular formula is C10H16N2. The first kappa shape index (κ1) is 9.04. The largest absolute Gasteiger partial charge is 0.384 e. The van der Waals surface area contributed by atoms with E-state index < -0.39 is 0 Å². The number of anilines is 1. The summed E-state index contributed by atoms with van der Waals surface area (Å²) in [6, 6.07) is 1.93. The van der Waals surface area contributed by atoms with E-state index in [1.54, 1.807) is 0 Å². The molecule has 0 radical (unpaired) electrons. The molecule has 0 aliphatic carbocycles. The van der Waals surface area contributed by atoms with Crippen LogP contribution in [0.15, 0.2) is 12.3 Å². The molecule has 2 N–H and O–H groups in total. The average molecular weight is 164 g/mol. The van der Waals surface area contributed by atoms with E-state index in [9.17, 15) is 0 Å². The van der Waals surface area contributed by atoms with Crippen LogP contribution in [-0.2, 0) is 6.42 Å². The Balaban J connectivity index is 2.86. The molecule has 0 aliphatic rings. The Morgan fingerprint density at radius 2 is 2.17 bits per heavy atom. The van der Waals surface area contributed by atoms with Gasteiger partial charge in [-0.15, -0.1) is 0 Å². The van der Waals surface area contributed by atoms with Gasteiger partial charge in [-0.2, -0.15) is 0 Å². The van der Waals surface area contributed by atoms with Crippen molar-refractivity contribution in [3.63, 3.8) is 0 Å². The van der Waals surface area contributed by atoms with Gasteiger partial charge in [-0.05, 0) is 36.5 Å². The van der Waals surface area contributed by atoms with Crippen LogP contribution in [0.3, 0.4) is 0 Å². The molecule has 66 valence electrons. The number of nitrogens with zero attached hydrogens (tertiary/aromatic N) is 1. The second-order valence-electron chi connectivity index (χ2n) is 3.63. The van der Waals surface area contributed by atoms with Crippen molar-refractivity contribution in [3.05, 3.63) is 23.4 Å². The van der Waals surface area contributed by atoms with Gasteiger partial charge in [0.2, 0.25) is 0 Å². The van der Waals surface area contributed by atoms with Gasteiger partial charge < -0.3 is 5.73 Å². The van der Waals surface area contributed by atoms with Crippen molar-refractivity contribution < 1.29 is 0 Å². The van der Waals surface area contributed by atoms with E-state index in [1.165, 1.54) is 11.1 Å². The van der Waals surface area contributed by atoms with Gasteiger partial charge in [0.25, 0.3) is 0 Å². The maximum atomic E-state index is 5.55. The molecule has 0 aromatic carbocycles. The lowest BCUT2D eigenvalue weighted by Gasteiger charge is -2.07. The zero-order chi connectivity index (χ0) is 9.14. The predicted molar refractivity (Wildman–Crippen MR) is 51.9 cm³/mol. The van der Waals surface area contributed by atoms with E-state index in [2.05, 4.69) is 25.8 Å². The third-order valence-electron chi connectivity index (χ3n) is 1.87. The van der Waals surface area contributed by atoms with Crippen LogP contribution in [0.1, 0.15) is 25.0 Å². The van der Waals surface area contributed by atoms with Gasteiger partial charge in [0, 0.05) is 6.20 Å². The molecule has 2 nitrogen and oxygen atoms in total. The first-order valence-corrected chi connectivity index (χ1v) is 4.30. The SMILES string of the molecule is Cc1cc(N)ncc1CC(C)C. The molecule has 0 aliphatic heterocycles. The third kappa shape index (κ3) is 2.22. The molecule has 1 aromatic heterocycles. The third-order valence-corrected chi connectivity index (χ3v) is 1.87. The van der Waals surface area contributed by atoms with Crippen LogP contribution in [0.2, 0.25) is 0 Å². The number of aromatic nitrogens is 1. The molecule has 2 heteroatoms. The van der Waals surface area contributed by atoms with Crippen molar-refractivity contribution in [1.82, 2.24) is 4.98 Å². The lowest BCUT2D eigenvalue weighted by atomic mass is 10.0. The number of hydrogen-bond donors (Lipinski definition) is 1. The molecule has 12 heavy (non-hydrogen) atoms. The quantitative estimate of drug-likeness (QED) is 0.727. The van der Waals surface area contributed by atoms with Gasteiger partial charge in [-0.25, -0.2) is 4.98 Å². The van der Waals surface area contributed by atoms with Gasteiger partial charge >= 0.3 is 0 Å². The van der Waals surface area contributed by atoms with Crippen LogP contribution < -0.4 is 5.73 Å². The van der Waals surface area contributed by atoms with Crippen LogP contribution in [0.5, 0.6) is 0 Å². The zero-order valence-electron chi connectivity index (χ0n) is 7.96. The van der Waals surface area contributed by atoms with Gasteiger partial charge in [0.1, 0.15) is 5.82 Å². The molecule has 0 saturated carbocycles. The summed E-state index contributed by atoms with van der Waals surface area (Å²) < 4.78 is 0. The Morgan fingerprint density at radius 3 is 2.67 bits per heavy atom. The first-order valence-electron chi connectivity index (χ1n) is 4.30. The highest BCUT2D eigenvalue weighted by Crippen LogP contribution is 2.13. The highest BCUT2D eigenvalue weighted by atomic mass is 14.8. The molecule has 0 spiro atoms. The molecular weight excluding hydrogens is 148 g/mol. The summed E-state index contributed by atoms with van der Waals surface area (Å²) >= 11 is 0. The monoisotopic (exact) mass is 164 g/mol. The summed E-state index contributed by atoms with van der Waals surface area (Å²) in [6.45, 7) is 6.49. The van der Waals surface area contributed by atoms with Crippen LogP contribution in [0.25, 0.3) is 0 Å². The number of aryl methyl sites for hydroxylation is 1. The average Bonchev–Trinajstić information content (AvgIpc) is 1.94. The zero-order valence-corrected chi connectivity index (χ0v) is 7.96. The topological polar surface area (TPSA) is 38.9 Å². The summed E-state index contributed by atoms with van der Waals surface area (Å²) in [6.07, 6.45) is 2.96. The summed E-state index contributed by atoms with van der Waals surface area (Å²) in [5.41, 5.74) is 8.10. The molecule has 0 bridgehead atoms. The van der Waals surface area contributed by atoms with E-state index in [1.807, 2.05) is 12.3 Å². The summed E-state index contributed by atoms with van der Waals surface area (Å²) in [4.78, 5) is 4.07. The minimum Gasteiger partial charge on any atom is -0.384 e. The fourth-order valence-corrected chi connectivity index (χ4v) is 1.26. The minimum atomic E-state index is 0.611. The standard InChI is InChI=1S/C10H16N2/c1-7(2)4-9-6-12-10(11)5-8(9)3/h5-7H,4H2,1-3H3,(H2,11,12). The van der Waals surface area contributed by atoms with Crippen LogP contribution >= 0.6 is 0 Å². The van der Waals surface area contributed by atoms with E-state index in [0.717, 1.165) is 6.42 Å². The highest BCUT2D eigenvalue weighted by molar-refractivity contribution is 5.36. The lowest BCUT2D eigenvalue weighted by molar-refractivity contribution is 0.643. The van der Waals surface area contributed by atoms with Gasteiger partial charge in [0.05, 0.1) is 0 Å². The van der Waals surface area contributed by atoms with Crippen molar-refractivity contribution in [2.45, 2.75) is 27.2 Å². The molecule has 1 rings (SSSR count). The van der Waals surface area contributed by atoms with E-state index in [0.29, 0.717) is 11.7 Å². The maximum Gasteiger partial charge on any atom is 0.123 e. The fourth-order valence-electron chi connectivity index (χ4n) is 1.26. The van der Waals surface area contributed by atoms with Crippen molar-refractivity contribution in [2.75, 3.05) is 5.73 Å². The Labute approximate surface area is 73.8 Å². The molecule has 0 fully saturated rings. The molecule has 0 unspecified atom stereocenters. The van der Waals surface area contributed by atoms with Crippen molar-refractivity contribution in [3.8, 4) is 0 Å². The second-order valence-corrected chi connectivity index (χ2v) is 3.63.